The van der Waals surface area contributed by atoms with Crippen molar-refractivity contribution in [2.45, 2.75) is 37.4 Å². The van der Waals surface area contributed by atoms with Gasteiger partial charge in [0.1, 0.15) is 5.82 Å². The Morgan fingerprint density at radius 3 is 2.74 bits per heavy atom. The molecule has 19 heavy (non-hydrogen) atoms. The van der Waals surface area contributed by atoms with Crippen LogP contribution in [0.15, 0.2) is 18.2 Å². The van der Waals surface area contributed by atoms with Crippen LogP contribution in [0.3, 0.4) is 0 Å². The Bertz CT molecular complexity index is 463. The maximum absolute atomic E-state index is 13.2. The van der Waals surface area contributed by atoms with Crippen LogP contribution in [0.4, 0.5) is 4.39 Å². The largest absolute Gasteiger partial charge is 0.395 e. The molecule has 0 aliphatic heterocycles. The molecule has 0 bridgehead atoms. The number of hydrogen-bond donors (Lipinski definition) is 2. The summed E-state index contributed by atoms with van der Waals surface area (Å²) >= 11 is 1.61. The van der Waals surface area contributed by atoms with Gasteiger partial charge in [-0.3, -0.25) is 0 Å². The Balaban J connectivity index is 2.80. The molecular weight excluding hydrogens is 263 g/mol. The van der Waals surface area contributed by atoms with E-state index in [2.05, 4.69) is 11.8 Å². The van der Waals surface area contributed by atoms with Gasteiger partial charge in [-0.25, -0.2) is 4.39 Å². The fourth-order valence-electron chi connectivity index (χ4n) is 1.37. The van der Waals surface area contributed by atoms with Crippen molar-refractivity contribution in [3.8, 4) is 11.8 Å². The van der Waals surface area contributed by atoms with Crippen LogP contribution in [0.2, 0.25) is 0 Å². The molecule has 0 saturated heterocycles. The number of rotatable bonds is 5. The van der Waals surface area contributed by atoms with Crippen LogP contribution in [0.1, 0.15) is 31.4 Å². The van der Waals surface area contributed by atoms with Crippen molar-refractivity contribution in [2.75, 3.05) is 6.61 Å². The summed E-state index contributed by atoms with van der Waals surface area (Å²) in [5.41, 5.74) is 1.60. The molecule has 2 unspecified atom stereocenters. The lowest BCUT2D eigenvalue weighted by atomic mass is 10.1. The van der Waals surface area contributed by atoms with E-state index in [9.17, 15) is 9.50 Å². The van der Waals surface area contributed by atoms with Gasteiger partial charge in [0.2, 0.25) is 0 Å². The summed E-state index contributed by atoms with van der Waals surface area (Å²) in [4.78, 5) is 0. The summed E-state index contributed by atoms with van der Waals surface area (Å²) in [7, 11) is 0. The van der Waals surface area contributed by atoms with Crippen molar-refractivity contribution >= 4 is 11.8 Å². The van der Waals surface area contributed by atoms with Gasteiger partial charge < -0.3 is 10.2 Å². The van der Waals surface area contributed by atoms with Gasteiger partial charge in [-0.05, 0) is 24.6 Å². The van der Waals surface area contributed by atoms with Gasteiger partial charge in [0.05, 0.1) is 12.7 Å². The van der Waals surface area contributed by atoms with Crippen molar-refractivity contribution in [1.29, 1.82) is 0 Å². The van der Waals surface area contributed by atoms with E-state index in [-0.39, 0.29) is 23.8 Å². The number of thioether (sulfide) groups is 1. The predicted molar refractivity (Wildman–Crippen MR) is 77.4 cm³/mol. The van der Waals surface area contributed by atoms with E-state index in [0.29, 0.717) is 17.7 Å². The molecule has 2 atom stereocenters. The minimum atomic E-state index is -0.380. The summed E-state index contributed by atoms with van der Waals surface area (Å²) in [5.74, 6) is 6.05. The number of aliphatic hydroxyl groups excluding tert-OH is 2. The van der Waals surface area contributed by atoms with Gasteiger partial charge in [0.25, 0.3) is 0 Å². The first-order chi connectivity index (χ1) is 9.04. The Hall–Kier alpha value is -1.02. The highest BCUT2D eigenvalue weighted by Crippen LogP contribution is 2.22. The van der Waals surface area contributed by atoms with E-state index in [0.717, 1.165) is 5.56 Å². The fourth-order valence-corrected chi connectivity index (χ4v) is 2.34. The van der Waals surface area contributed by atoms with Gasteiger partial charge in [-0.2, -0.15) is 11.8 Å². The molecular formula is C15H19FO2S. The Labute approximate surface area is 118 Å². The Morgan fingerprint density at radius 2 is 2.11 bits per heavy atom. The maximum Gasteiger partial charge on any atom is 0.124 e. The third-order valence-corrected chi connectivity index (χ3v) is 4.11. The zero-order valence-corrected chi connectivity index (χ0v) is 12.0. The van der Waals surface area contributed by atoms with Crippen LogP contribution in [-0.4, -0.2) is 28.2 Å². The summed E-state index contributed by atoms with van der Waals surface area (Å²) in [5, 5.41) is 18.3. The van der Waals surface area contributed by atoms with Crippen LogP contribution in [0.25, 0.3) is 0 Å². The highest BCUT2D eigenvalue weighted by Gasteiger charge is 2.10. The topological polar surface area (TPSA) is 40.5 Å². The van der Waals surface area contributed by atoms with Crippen LogP contribution in [0, 0.1) is 17.7 Å². The molecule has 0 saturated carbocycles. The Kier molecular flexibility index (Phi) is 6.93. The van der Waals surface area contributed by atoms with E-state index < -0.39 is 0 Å². The van der Waals surface area contributed by atoms with E-state index in [1.54, 1.807) is 24.8 Å². The molecule has 1 rings (SSSR count). The number of aliphatic hydroxyl groups is 2. The van der Waals surface area contributed by atoms with Crippen molar-refractivity contribution in [1.82, 2.24) is 0 Å². The molecule has 1 aromatic rings. The number of halogens is 1. The van der Waals surface area contributed by atoms with Gasteiger partial charge in [-0.15, -0.1) is 0 Å². The van der Waals surface area contributed by atoms with E-state index in [1.165, 1.54) is 12.1 Å². The molecule has 2 N–H and O–H groups in total. The lowest BCUT2D eigenvalue weighted by Crippen LogP contribution is -2.15. The van der Waals surface area contributed by atoms with Gasteiger partial charge >= 0.3 is 0 Å². The highest BCUT2D eigenvalue weighted by atomic mass is 32.2. The average Bonchev–Trinajstić information content (AvgIpc) is 2.37. The van der Waals surface area contributed by atoms with Crippen molar-refractivity contribution in [3.63, 3.8) is 0 Å². The first kappa shape index (κ1) is 16.0. The van der Waals surface area contributed by atoms with Gasteiger partial charge in [-0.1, -0.05) is 24.8 Å². The molecule has 0 amide bonds. The molecule has 0 fully saturated rings. The molecule has 2 nitrogen and oxygen atoms in total. The quantitative estimate of drug-likeness (QED) is 0.816. The summed E-state index contributed by atoms with van der Waals surface area (Å²) in [6.45, 7) is 3.71. The second kappa shape index (κ2) is 8.21. The molecule has 0 aromatic heterocycles. The minimum absolute atomic E-state index is 0.00542. The SMILES string of the molecule is CC(O)C(C)SCc1ccc(F)cc1C#CCCO. The number of hydrogen-bond acceptors (Lipinski definition) is 3. The minimum Gasteiger partial charge on any atom is -0.395 e. The standard InChI is InChI=1S/C15H19FO2S/c1-11(18)12(2)19-10-14-6-7-15(16)9-13(14)5-3-4-8-17/h6-7,9,11-12,17-18H,4,8,10H2,1-2H3. The van der Waals surface area contributed by atoms with Gasteiger partial charge in [0, 0.05) is 23.0 Å². The zero-order valence-electron chi connectivity index (χ0n) is 11.2. The van der Waals surface area contributed by atoms with Crippen LogP contribution >= 0.6 is 11.8 Å². The molecule has 0 spiro atoms. The summed E-state index contributed by atoms with van der Waals surface area (Å²) in [6, 6.07) is 4.55. The lowest BCUT2D eigenvalue weighted by molar-refractivity contribution is 0.196. The van der Waals surface area contributed by atoms with Crippen molar-refractivity contribution in [2.24, 2.45) is 0 Å². The molecule has 104 valence electrons. The third-order valence-electron chi connectivity index (χ3n) is 2.71. The van der Waals surface area contributed by atoms with Crippen LogP contribution in [0.5, 0.6) is 0 Å². The fraction of sp³-hybridized carbons (Fsp3) is 0.467. The zero-order chi connectivity index (χ0) is 14.3. The smallest absolute Gasteiger partial charge is 0.124 e. The number of benzene rings is 1. The summed E-state index contributed by atoms with van der Waals surface area (Å²) in [6.07, 6.45) is 0.00190. The average molecular weight is 282 g/mol. The first-order valence-electron chi connectivity index (χ1n) is 6.22. The van der Waals surface area contributed by atoms with Crippen molar-refractivity contribution < 1.29 is 14.6 Å². The molecule has 4 heteroatoms. The Morgan fingerprint density at radius 1 is 1.37 bits per heavy atom. The molecule has 0 heterocycles. The normalized spacial score (nSPS) is 13.5. The molecule has 0 radical (unpaired) electrons. The predicted octanol–water partition coefficient (Wildman–Crippen LogP) is 2.56. The summed E-state index contributed by atoms with van der Waals surface area (Å²) < 4.78 is 13.2. The van der Waals surface area contributed by atoms with Crippen LogP contribution < -0.4 is 0 Å². The third kappa shape index (κ3) is 5.65. The highest BCUT2D eigenvalue weighted by molar-refractivity contribution is 7.99. The lowest BCUT2D eigenvalue weighted by Gasteiger charge is -2.14. The van der Waals surface area contributed by atoms with Crippen LogP contribution in [-0.2, 0) is 5.75 Å². The van der Waals surface area contributed by atoms with E-state index >= 15 is 0 Å². The van der Waals surface area contributed by atoms with E-state index in [4.69, 9.17) is 5.11 Å². The van der Waals surface area contributed by atoms with E-state index in [1.807, 2.05) is 6.92 Å². The first-order valence-corrected chi connectivity index (χ1v) is 7.27. The second-order valence-corrected chi connectivity index (χ2v) is 5.70. The molecule has 0 aliphatic rings. The maximum atomic E-state index is 13.2. The molecule has 0 aliphatic carbocycles. The second-order valence-electron chi connectivity index (χ2n) is 4.33. The van der Waals surface area contributed by atoms with Crippen molar-refractivity contribution in [3.05, 3.63) is 35.1 Å². The monoisotopic (exact) mass is 282 g/mol. The molecule has 1 aromatic carbocycles. The van der Waals surface area contributed by atoms with Gasteiger partial charge in [0.15, 0.2) is 0 Å².